The number of hydrogen-bond donors (Lipinski definition) is 0. The Balaban J connectivity index is 2.56. The van der Waals surface area contributed by atoms with Crippen LogP contribution < -0.4 is 0 Å². The molecule has 152 valence electrons. The molecule has 0 aliphatic heterocycles. The van der Waals surface area contributed by atoms with Crippen LogP contribution in [0.1, 0.15) is 118 Å². The smallest absolute Gasteiger partial charge is 0.286 e. The molecule has 0 spiro atoms. The molecule has 0 amide bonds. The van der Waals surface area contributed by atoms with Gasteiger partial charge in [0.15, 0.2) is 0 Å². The molecule has 1 rings (SSSR count). The third kappa shape index (κ3) is 8.79. The SMILES string of the molecule is CC(C)CCCCCC1(CCCCCC(C)C)CC(OC#N)CCC1C. The second-order valence-electron chi connectivity index (χ2n) is 9.86. The number of ether oxygens (including phenoxy) is 1. The molecule has 0 N–H and O–H groups in total. The summed E-state index contributed by atoms with van der Waals surface area (Å²) in [6, 6.07) is 0. The Morgan fingerprint density at radius 2 is 1.42 bits per heavy atom. The summed E-state index contributed by atoms with van der Waals surface area (Å²) in [5.41, 5.74) is 0.412. The first-order valence-corrected chi connectivity index (χ1v) is 11.4. The van der Waals surface area contributed by atoms with Crippen molar-refractivity contribution in [1.82, 2.24) is 0 Å². The van der Waals surface area contributed by atoms with Gasteiger partial charge in [0.25, 0.3) is 6.26 Å². The molecule has 2 atom stereocenters. The highest BCUT2D eigenvalue weighted by Crippen LogP contribution is 2.49. The van der Waals surface area contributed by atoms with Crippen molar-refractivity contribution in [3.63, 3.8) is 0 Å². The summed E-state index contributed by atoms with van der Waals surface area (Å²) in [4.78, 5) is 0. The zero-order valence-corrected chi connectivity index (χ0v) is 18.4. The lowest BCUT2D eigenvalue weighted by Crippen LogP contribution is -2.38. The van der Waals surface area contributed by atoms with E-state index in [9.17, 15) is 0 Å². The van der Waals surface area contributed by atoms with Gasteiger partial charge in [0.05, 0.1) is 0 Å². The highest BCUT2D eigenvalue weighted by atomic mass is 16.5. The Kier molecular flexibility index (Phi) is 11.3. The molecule has 2 nitrogen and oxygen atoms in total. The lowest BCUT2D eigenvalue weighted by molar-refractivity contribution is -0.00936. The van der Waals surface area contributed by atoms with Crippen LogP contribution in [-0.4, -0.2) is 6.10 Å². The van der Waals surface area contributed by atoms with Crippen molar-refractivity contribution in [2.24, 2.45) is 23.2 Å². The van der Waals surface area contributed by atoms with Gasteiger partial charge in [0.2, 0.25) is 0 Å². The predicted octanol–water partition coefficient (Wildman–Crippen LogP) is 7.87. The van der Waals surface area contributed by atoms with E-state index in [0.29, 0.717) is 5.41 Å². The molecule has 1 fully saturated rings. The first-order valence-electron chi connectivity index (χ1n) is 11.4. The van der Waals surface area contributed by atoms with Gasteiger partial charge < -0.3 is 4.74 Å². The van der Waals surface area contributed by atoms with Crippen LogP contribution in [0.2, 0.25) is 0 Å². The Morgan fingerprint density at radius 3 is 1.88 bits per heavy atom. The van der Waals surface area contributed by atoms with Crippen LogP contribution in [-0.2, 0) is 4.74 Å². The fourth-order valence-electron chi connectivity index (χ4n) is 4.91. The van der Waals surface area contributed by atoms with E-state index in [2.05, 4.69) is 34.6 Å². The molecule has 1 saturated carbocycles. The van der Waals surface area contributed by atoms with Crippen molar-refractivity contribution in [1.29, 1.82) is 5.26 Å². The van der Waals surface area contributed by atoms with E-state index < -0.39 is 0 Å². The van der Waals surface area contributed by atoms with Crippen molar-refractivity contribution in [2.75, 3.05) is 0 Å². The van der Waals surface area contributed by atoms with Gasteiger partial charge in [-0.25, -0.2) is 0 Å². The van der Waals surface area contributed by atoms with Crippen LogP contribution in [0.3, 0.4) is 0 Å². The maximum absolute atomic E-state index is 8.98. The van der Waals surface area contributed by atoms with Gasteiger partial charge in [-0.05, 0) is 55.3 Å². The van der Waals surface area contributed by atoms with E-state index in [4.69, 9.17) is 10.00 Å². The van der Waals surface area contributed by atoms with Gasteiger partial charge in [-0.1, -0.05) is 86.0 Å². The summed E-state index contributed by atoms with van der Waals surface area (Å²) in [6.07, 6.45) is 19.1. The minimum atomic E-state index is 0.169. The first kappa shape index (κ1) is 23.3. The molecule has 0 aromatic heterocycles. The molecule has 0 heterocycles. The first-order chi connectivity index (χ1) is 12.4. The summed E-state index contributed by atoms with van der Waals surface area (Å²) in [5, 5.41) is 8.98. The molecule has 0 bridgehead atoms. The van der Waals surface area contributed by atoms with E-state index in [0.717, 1.165) is 30.6 Å². The summed E-state index contributed by atoms with van der Waals surface area (Å²) in [6.45, 7) is 11.8. The lowest BCUT2D eigenvalue weighted by atomic mass is 9.61. The summed E-state index contributed by atoms with van der Waals surface area (Å²) >= 11 is 0. The van der Waals surface area contributed by atoms with Crippen molar-refractivity contribution in [3.8, 4) is 6.26 Å². The van der Waals surface area contributed by atoms with Crippen LogP contribution in [0.4, 0.5) is 0 Å². The van der Waals surface area contributed by atoms with Crippen molar-refractivity contribution in [3.05, 3.63) is 0 Å². The summed E-state index contributed by atoms with van der Waals surface area (Å²) < 4.78 is 5.41. The summed E-state index contributed by atoms with van der Waals surface area (Å²) in [7, 11) is 0. The maximum Gasteiger partial charge on any atom is 0.286 e. The number of unbranched alkanes of at least 4 members (excludes halogenated alkanes) is 4. The molecule has 26 heavy (non-hydrogen) atoms. The van der Waals surface area contributed by atoms with Gasteiger partial charge in [-0.2, -0.15) is 5.26 Å². The number of rotatable bonds is 13. The molecule has 1 aliphatic rings. The molecular weight excluding hydrogens is 318 g/mol. The quantitative estimate of drug-likeness (QED) is 0.246. The maximum atomic E-state index is 8.98. The van der Waals surface area contributed by atoms with Gasteiger partial charge >= 0.3 is 0 Å². The molecule has 0 aromatic carbocycles. The number of nitrogens with zero attached hydrogens (tertiary/aromatic N) is 1. The average Bonchev–Trinajstić information content (AvgIpc) is 2.57. The molecule has 2 unspecified atom stereocenters. The molecule has 0 saturated heterocycles. The normalized spacial score (nSPS) is 22.5. The Bertz CT molecular complexity index is 378. The Labute approximate surface area is 164 Å². The second-order valence-corrected chi connectivity index (χ2v) is 9.86. The van der Waals surface area contributed by atoms with Crippen LogP contribution in [0.15, 0.2) is 0 Å². The van der Waals surface area contributed by atoms with Gasteiger partial charge in [0.1, 0.15) is 6.10 Å². The highest BCUT2D eigenvalue weighted by Gasteiger charge is 2.41. The monoisotopic (exact) mass is 363 g/mol. The topological polar surface area (TPSA) is 33.0 Å². The third-order valence-electron chi connectivity index (χ3n) is 6.73. The van der Waals surface area contributed by atoms with E-state index in [1.165, 1.54) is 70.6 Å². The molecule has 1 aliphatic carbocycles. The number of hydrogen-bond acceptors (Lipinski definition) is 2. The molecule has 2 heteroatoms. The minimum absolute atomic E-state index is 0.169. The molecule has 0 radical (unpaired) electrons. The summed E-state index contributed by atoms with van der Waals surface area (Å²) in [5.74, 6) is 2.43. The standard InChI is InChI=1S/C24H45NO/c1-20(2)12-8-6-10-16-24(17-11-7-9-13-21(3)4)18-23(26-19-25)15-14-22(24)5/h20-23H,6-18H2,1-5H3. The van der Waals surface area contributed by atoms with Crippen LogP contribution in [0.5, 0.6) is 0 Å². The van der Waals surface area contributed by atoms with Crippen molar-refractivity contribution >= 4 is 0 Å². The van der Waals surface area contributed by atoms with Crippen LogP contribution in [0.25, 0.3) is 0 Å². The average molecular weight is 364 g/mol. The van der Waals surface area contributed by atoms with Crippen LogP contribution in [0, 0.1) is 34.7 Å². The molecular formula is C24H45NO. The zero-order chi connectivity index (χ0) is 19.4. The second kappa shape index (κ2) is 12.6. The van der Waals surface area contributed by atoms with Gasteiger partial charge in [0, 0.05) is 0 Å². The Hall–Kier alpha value is -0.710. The fraction of sp³-hybridized carbons (Fsp3) is 0.958. The predicted molar refractivity (Wildman–Crippen MR) is 112 cm³/mol. The fourth-order valence-corrected chi connectivity index (χ4v) is 4.91. The zero-order valence-electron chi connectivity index (χ0n) is 18.4. The van der Waals surface area contributed by atoms with Gasteiger partial charge in [-0.3, -0.25) is 0 Å². The van der Waals surface area contributed by atoms with E-state index >= 15 is 0 Å². The third-order valence-corrected chi connectivity index (χ3v) is 6.73. The van der Waals surface area contributed by atoms with Crippen molar-refractivity contribution in [2.45, 2.75) is 124 Å². The van der Waals surface area contributed by atoms with E-state index in [1.807, 2.05) is 6.26 Å². The largest absolute Gasteiger partial charge is 0.424 e. The Morgan fingerprint density at radius 1 is 0.885 bits per heavy atom. The highest BCUT2D eigenvalue weighted by molar-refractivity contribution is 4.92. The van der Waals surface area contributed by atoms with Crippen LogP contribution >= 0.6 is 0 Å². The van der Waals surface area contributed by atoms with Gasteiger partial charge in [-0.15, -0.1) is 0 Å². The van der Waals surface area contributed by atoms with E-state index in [1.54, 1.807) is 0 Å². The minimum Gasteiger partial charge on any atom is -0.424 e. The molecule has 0 aromatic rings. The number of nitriles is 1. The lowest BCUT2D eigenvalue weighted by Gasteiger charge is -2.45. The van der Waals surface area contributed by atoms with Crippen molar-refractivity contribution < 1.29 is 4.74 Å². The van der Waals surface area contributed by atoms with E-state index in [-0.39, 0.29) is 6.10 Å².